The maximum Gasteiger partial charge on any atom is 0.183 e. The van der Waals surface area contributed by atoms with Crippen LogP contribution in [0.1, 0.15) is 11.4 Å². The van der Waals surface area contributed by atoms with E-state index in [0.29, 0.717) is 17.8 Å². The molecule has 0 bridgehead atoms. The van der Waals surface area contributed by atoms with Crippen molar-refractivity contribution in [3.63, 3.8) is 0 Å². The van der Waals surface area contributed by atoms with Gasteiger partial charge in [-0.15, -0.1) is 10.2 Å². The lowest BCUT2D eigenvalue weighted by molar-refractivity contribution is 0.932. The highest BCUT2D eigenvalue weighted by atomic mass is 79.9. The van der Waals surface area contributed by atoms with Crippen LogP contribution in [0.25, 0.3) is 5.65 Å². The number of aromatic nitrogens is 3. The normalized spacial score (nSPS) is 10.9. The van der Waals surface area contributed by atoms with E-state index >= 15 is 0 Å². The van der Waals surface area contributed by atoms with Crippen LogP contribution >= 0.6 is 15.9 Å². The van der Waals surface area contributed by atoms with Crippen LogP contribution in [-0.4, -0.2) is 14.6 Å². The third-order valence-corrected chi connectivity index (χ3v) is 3.62. The Bertz CT molecular complexity index is 705. The Balaban J connectivity index is 2.06. The molecule has 18 heavy (non-hydrogen) atoms. The number of hydrogen-bond acceptors (Lipinski definition) is 3. The van der Waals surface area contributed by atoms with Gasteiger partial charge >= 0.3 is 0 Å². The zero-order valence-electron chi connectivity index (χ0n) is 9.55. The molecule has 4 nitrogen and oxygen atoms in total. The van der Waals surface area contributed by atoms with Crippen LogP contribution in [0.3, 0.4) is 0 Å². The molecule has 2 aromatic heterocycles. The van der Waals surface area contributed by atoms with Crippen molar-refractivity contribution in [3.05, 3.63) is 58.5 Å². The Labute approximate surface area is 113 Å². The lowest BCUT2D eigenvalue weighted by Gasteiger charge is -2.03. The highest BCUT2D eigenvalue weighted by molar-refractivity contribution is 9.10. The molecule has 3 aromatic rings. The molecule has 0 saturated heterocycles. The van der Waals surface area contributed by atoms with Crippen LogP contribution < -0.4 is 5.73 Å². The van der Waals surface area contributed by atoms with Crippen molar-refractivity contribution in [1.29, 1.82) is 0 Å². The number of fused-ring (bicyclic) bond motifs is 1. The minimum Gasteiger partial charge on any atom is -0.396 e. The number of nitrogens with two attached hydrogens (primary N) is 1. The Morgan fingerprint density at radius 3 is 2.78 bits per heavy atom. The molecule has 0 spiro atoms. The van der Waals surface area contributed by atoms with Crippen molar-refractivity contribution < 1.29 is 0 Å². The molecule has 90 valence electrons. The number of rotatable bonds is 2. The largest absolute Gasteiger partial charge is 0.396 e. The molecular weight excluding hydrogens is 292 g/mol. The Morgan fingerprint density at radius 1 is 1.11 bits per heavy atom. The molecule has 0 unspecified atom stereocenters. The molecule has 0 radical (unpaired) electrons. The third kappa shape index (κ3) is 1.86. The highest BCUT2D eigenvalue weighted by Gasteiger charge is 2.09. The molecule has 0 saturated carbocycles. The van der Waals surface area contributed by atoms with Crippen LogP contribution in [0.15, 0.2) is 47.1 Å². The minimum atomic E-state index is 0.642. The smallest absolute Gasteiger partial charge is 0.183 e. The zero-order chi connectivity index (χ0) is 12.5. The van der Waals surface area contributed by atoms with Gasteiger partial charge in [0.25, 0.3) is 0 Å². The SMILES string of the molecule is Nc1cccn2c(Cc3ccccc3Br)nnc12. The number of anilines is 1. The fourth-order valence-corrected chi connectivity index (χ4v) is 2.34. The van der Waals surface area contributed by atoms with Gasteiger partial charge in [0.2, 0.25) is 0 Å². The van der Waals surface area contributed by atoms with Crippen LogP contribution in [-0.2, 0) is 6.42 Å². The topological polar surface area (TPSA) is 56.2 Å². The summed E-state index contributed by atoms with van der Waals surface area (Å²) in [5.74, 6) is 0.879. The summed E-state index contributed by atoms with van der Waals surface area (Å²) in [6.07, 6.45) is 2.64. The summed E-state index contributed by atoms with van der Waals surface area (Å²) in [4.78, 5) is 0. The van der Waals surface area contributed by atoms with E-state index in [2.05, 4.69) is 32.2 Å². The van der Waals surface area contributed by atoms with Gasteiger partial charge in [-0.1, -0.05) is 34.1 Å². The van der Waals surface area contributed by atoms with Gasteiger partial charge in [0.05, 0.1) is 5.69 Å². The first-order valence-corrected chi connectivity index (χ1v) is 6.36. The molecule has 0 fully saturated rings. The number of benzene rings is 1. The van der Waals surface area contributed by atoms with E-state index in [9.17, 15) is 0 Å². The first kappa shape index (κ1) is 11.2. The number of nitrogen functional groups attached to an aromatic ring is 1. The van der Waals surface area contributed by atoms with Crippen molar-refractivity contribution in [2.24, 2.45) is 0 Å². The summed E-state index contributed by atoms with van der Waals surface area (Å²) < 4.78 is 3.00. The van der Waals surface area contributed by atoms with E-state index in [1.54, 1.807) is 0 Å². The van der Waals surface area contributed by atoms with Gasteiger partial charge in [-0.25, -0.2) is 0 Å². The van der Waals surface area contributed by atoms with E-state index in [1.165, 1.54) is 5.56 Å². The molecule has 0 atom stereocenters. The van der Waals surface area contributed by atoms with Crippen LogP contribution in [0.5, 0.6) is 0 Å². The van der Waals surface area contributed by atoms with Gasteiger partial charge in [0.1, 0.15) is 5.82 Å². The molecule has 0 amide bonds. The van der Waals surface area contributed by atoms with E-state index in [1.807, 2.05) is 40.9 Å². The molecule has 0 aliphatic heterocycles. The number of nitrogens with zero attached hydrogens (tertiary/aromatic N) is 3. The second-order valence-corrected chi connectivity index (χ2v) is 4.90. The maximum atomic E-state index is 5.86. The lowest BCUT2D eigenvalue weighted by Crippen LogP contribution is -1.98. The number of pyridine rings is 1. The summed E-state index contributed by atoms with van der Waals surface area (Å²) in [5, 5.41) is 8.32. The first-order chi connectivity index (χ1) is 8.75. The van der Waals surface area contributed by atoms with E-state index in [0.717, 1.165) is 10.3 Å². The summed E-state index contributed by atoms with van der Waals surface area (Å²) in [6.45, 7) is 0. The first-order valence-electron chi connectivity index (χ1n) is 5.57. The monoisotopic (exact) mass is 302 g/mol. The van der Waals surface area contributed by atoms with Gasteiger partial charge < -0.3 is 5.73 Å². The molecule has 2 heterocycles. The van der Waals surface area contributed by atoms with Gasteiger partial charge in [0, 0.05) is 17.1 Å². The zero-order valence-corrected chi connectivity index (χ0v) is 11.1. The van der Waals surface area contributed by atoms with Crippen molar-refractivity contribution in [2.45, 2.75) is 6.42 Å². The molecular formula is C13H11BrN4. The third-order valence-electron chi connectivity index (χ3n) is 2.84. The average molecular weight is 303 g/mol. The van der Waals surface area contributed by atoms with Crippen LogP contribution in [0, 0.1) is 0 Å². The van der Waals surface area contributed by atoms with Gasteiger partial charge in [-0.3, -0.25) is 4.40 Å². The predicted octanol–water partition coefficient (Wildman–Crippen LogP) is 2.66. The number of halogens is 1. The second kappa shape index (κ2) is 4.42. The minimum absolute atomic E-state index is 0.642. The average Bonchev–Trinajstić information content (AvgIpc) is 2.77. The molecule has 5 heteroatoms. The van der Waals surface area contributed by atoms with Gasteiger partial charge in [-0.05, 0) is 23.8 Å². The molecule has 1 aromatic carbocycles. The van der Waals surface area contributed by atoms with Crippen LogP contribution in [0.2, 0.25) is 0 Å². The maximum absolute atomic E-state index is 5.86. The molecule has 0 aliphatic rings. The van der Waals surface area contributed by atoms with E-state index in [-0.39, 0.29) is 0 Å². The van der Waals surface area contributed by atoms with Crippen molar-refractivity contribution in [3.8, 4) is 0 Å². The molecule has 2 N–H and O–H groups in total. The highest BCUT2D eigenvalue weighted by Crippen LogP contribution is 2.20. The predicted molar refractivity (Wildman–Crippen MR) is 74.3 cm³/mol. The number of hydrogen-bond donors (Lipinski definition) is 1. The fourth-order valence-electron chi connectivity index (χ4n) is 1.92. The van der Waals surface area contributed by atoms with Crippen LogP contribution in [0.4, 0.5) is 5.69 Å². The summed E-state index contributed by atoms with van der Waals surface area (Å²) in [6, 6.07) is 11.8. The Morgan fingerprint density at radius 2 is 1.94 bits per heavy atom. The Hall–Kier alpha value is -1.88. The van der Waals surface area contributed by atoms with E-state index in [4.69, 9.17) is 5.73 Å². The summed E-state index contributed by atoms with van der Waals surface area (Å²) in [7, 11) is 0. The molecule has 0 aliphatic carbocycles. The quantitative estimate of drug-likeness (QED) is 0.792. The Kier molecular flexibility index (Phi) is 2.76. The van der Waals surface area contributed by atoms with Gasteiger partial charge in [-0.2, -0.15) is 0 Å². The second-order valence-electron chi connectivity index (χ2n) is 4.04. The van der Waals surface area contributed by atoms with Gasteiger partial charge in [0.15, 0.2) is 5.65 Å². The molecule has 3 rings (SSSR count). The van der Waals surface area contributed by atoms with Crippen molar-refractivity contribution in [2.75, 3.05) is 5.73 Å². The van der Waals surface area contributed by atoms with Crippen molar-refractivity contribution >= 4 is 27.3 Å². The summed E-state index contributed by atoms with van der Waals surface area (Å²) >= 11 is 3.54. The van der Waals surface area contributed by atoms with E-state index < -0.39 is 0 Å². The fraction of sp³-hybridized carbons (Fsp3) is 0.0769. The van der Waals surface area contributed by atoms with Crippen molar-refractivity contribution in [1.82, 2.24) is 14.6 Å². The lowest BCUT2D eigenvalue weighted by atomic mass is 10.1. The summed E-state index contributed by atoms with van der Waals surface area (Å²) in [5.41, 5.74) is 8.39. The standard InChI is InChI=1S/C13H11BrN4/c14-10-5-2-1-4-9(10)8-12-16-17-13-11(15)6-3-7-18(12)13/h1-7H,8,15H2.